The second kappa shape index (κ2) is 3.11. The Labute approximate surface area is 68.7 Å². The molecule has 0 saturated carbocycles. The maximum atomic E-state index is 6.08. The molecule has 0 bridgehead atoms. The molecule has 2 aliphatic heterocycles. The van der Waals surface area contributed by atoms with Gasteiger partial charge in [0.05, 0.1) is 0 Å². The minimum Gasteiger partial charge on any atom is -0.326 e. The van der Waals surface area contributed by atoms with Crippen LogP contribution in [0.15, 0.2) is 0 Å². The monoisotopic (exact) mass is 154 g/mol. The summed E-state index contributed by atoms with van der Waals surface area (Å²) in [6.45, 7) is 2.61. The molecule has 2 aliphatic rings. The van der Waals surface area contributed by atoms with Crippen LogP contribution in [0.5, 0.6) is 0 Å². The van der Waals surface area contributed by atoms with Gasteiger partial charge >= 0.3 is 0 Å². The van der Waals surface area contributed by atoms with E-state index < -0.39 is 0 Å². The highest BCUT2D eigenvalue weighted by molar-refractivity contribution is 4.89. The molecule has 2 atom stereocenters. The molecule has 11 heavy (non-hydrogen) atoms. The van der Waals surface area contributed by atoms with Crippen molar-refractivity contribution in [1.29, 1.82) is 0 Å². The predicted octanol–water partition coefficient (Wildman–Crippen LogP) is 0.962. The Morgan fingerprint density at radius 1 is 1.00 bits per heavy atom. The van der Waals surface area contributed by atoms with Crippen LogP contribution in [-0.2, 0) is 0 Å². The molecule has 0 spiro atoms. The third-order valence-corrected chi connectivity index (χ3v) is 3.14. The van der Waals surface area contributed by atoms with E-state index in [0.717, 1.165) is 6.04 Å². The van der Waals surface area contributed by atoms with Crippen molar-refractivity contribution in [3.8, 4) is 0 Å². The molecule has 0 aromatic carbocycles. The largest absolute Gasteiger partial charge is 0.326 e. The van der Waals surface area contributed by atoms with Crippen LogP contribution >= 0.6 is 0 Å². The molecular formula is C9H18N2. The molecule has 2 N–H and O–H groups in total. The number of fused-ring (bicyclic) bond motifs is 1. The zero-order chi connectivity index (χ0) is 7.68. The Hall–Kier alpha value is -0.0800. The SMILES string of the molecule is NC1CCCCN2CCCC12. The fraction of sp³-hybridized carbons (Fsp3) is 1.00. The Bertz CT molecular complexity index is 136. The maximum Gasteiger partial charge on any atom is 0.0247 e. The van der Waals surface area contributed by atoms with Crippen LogP contribution in [0, 0.1) is 0 Å². The van der Waals surface area contributed by atoms with Crippen LogP contribution in [0.25, 0.3) is 0 Å². The molecule has 2 rings (SSSR count). The molecule has 0 amide bonds. The summed E-state index contributed by atoms with van der Waals surface area (Å²) in [5.74, 6) is 0. The maximum absolute atomic E-state index is 6.08. The van der Waals surface area contributed by atoms with Gasteiger partial charge in [-0.25, -0.2) is 0 Å². The van der Waals surface area contributed by atoms with Gasteiger partial charge in [0.1, 0.15) is 0 Å². The summed E-state index contributed by atoms with van der Waals surface area (Å²) < 4.78 is 0. The van der Waals surface area contributed by atoms with E-state index in [1.807, 2.05) is 0 Å². The van der Waals surface area contributed by atoms with Crippen molar-refractivity contribution in [2.75, 3.05) is 13.1 Å². The molecule has 2 heterocycles. The number of nitrogens with zero attached hydrogens (tertiary/aromatic N) is 1. The fourth-order valence-corrected chi connectivity index (χ4v) is 2.50. The molecule has 2 unspecified atom stereocenters. The lowest BCUT2D eigenvalue weighted by molar-refractivity contribution is 0.242. The molecule has 2 fully saturated rings. The summed E-state index contributed by atoms with van der Waals surface area (Å²) in [7, 11) is 0. The van der Waals surface area contributed by atoms with Crippen molar-refractivity contribution >= 4 is 0 Å². The number of nitrogens with two attached hydrogens (primary N) is 1. The summed E-state index contributed by atoms with van der Waals surface area (Å²) >= 11 is 0. The van der Waals surface area contributed by atoms with Gasteiger partial charge in [0.2, 0.25) is 0 Å². The molecule has 2 saturated heterocycles. The van der Waals surface area contributed by atoms with E-state index in [4.69, 9.17) is 5.73 Å². The lowest BCUT2D eigenvalue weighted by atomic mass is 10.0. The minimum atomic E-state index is 0.472. The predicted molar refractivity (Wildman–Crippen MR) is 46.4 cm³/mol. The van der Waals surface area contributed by atoms with Crippen molar-refractivity contribution in [3.05, 3.63) is 0 Å². The van der Waals surface area contributed by atoms with Crippen molar-refractivity contribution in [2.24, 2.45) is 5.73 Å². The third kappa shape index (κ3) is 1.42. The van der Waals surface area contributed by atoms with Crippen LogP contribution in [-0.4, -0.2) is 30.1 Å². The first-order valence-corrected chi connectivity index (χ1v) is 4.87. The van der Waals surface area contributed by atoms with Gasteiger partial charge in [-0.3, -0.25) is 4.90 Å². The molecule has 0 aliphatic carbocycles. The molecule has 0 aromatic heterocycles. The quantitative estimate of drug-likeness (QED) is 0.563. The first kappa shape index (κ1) is 7.56. The minimum absolute atomic E-state index is 0.472. The molecule has 64 valence electrons. The third-order valence-electron chi connectivity index (χ3n) is 3.14. The highest BCUT2D eigenvalue weighted by Gasteiger charge is 2.30. The number of rotatable bonds is 0. The first-order valence-electron chi connectivity index (χ1n) is 4.87. The van der Waals surface area contributed by atoms with Gasteiger partial charge in [-0.1, -0.05) is 6.42 Å². The van der Waals surface area contributed by atoms with Gasteiger partial charge in [-0.2, -0.15) is 0 Å². The zero-order valence-electron chi connectivity index (χ0n) is 7.13. The average Bonchev–Trinajstić information content (AvgIpc) is 2.40. The second-order valence-corrected chi connectivity index (χ2v) is 3.91. The Kier molecular flexibility index (Phi) is 2.14. The number of hydrogen-bond acceptors (Lipinski definition) is 2. The van der Waals surface area contributed by atoms with Crippen molar-refractivity contribution in [1.82, 2.24) is 4.90 Å². The van der Waals surface area contributed by atoms with Gasteiger partial charge in [0.15, 0.2) is 0 Å². The Balaban J connectivity index is 2.03. The molecular weight excluding hydrogens is 136 g/mol. The van der Waals surface area contributed by atoms with E-state index in [0.29, 0.717) is 6.04 Å². The van der Waals surface area contributed by atoms with Gasteiger partial charge in [-0.15, -0.1) is 0 Å². The topological polar surface area (TPSA) is 29.3 Å². The smallest absolute Gasteiger partial charge is 0.0247 e. The standard InChI is InChI=1S/C9H18N2/c10-8-4-1-2-6-11-7-3-5-9(8)11/h8-9H,1-7,10H2. The van der Waals surface area contributed by atoms with Crippen LogP contribution in [0.3, 0.4) is 0 Å². The molecule has 2 heteroatoms. The first-order chi connectivity index (χ1) is 5.38. The van der Waals surface area contributed by atoms with Crippen LogP contribution < -0.4 is 5.73 Å². The van der Waals surface area contributed by atoms with Crippen molar-refractivity contribution < 1.29 is 0 Å². The highest BCUT2D eigenvalue weighted by Crippen LogP contribution is 2.24. The van der Waals surface area contributed by atoms with E-state index in [-0.39, 0.29) is 0 Å². The highest BCUT2D eigenvalue weighted by atomic mass is 15.2. The van der Waals surface area contributed by atoms with E-state index in [2.05, 4.69) is 4.90 Å². The summed E-state index contributed by atoms with van der Waals surface area (Å²) in [6, 6.07) is 1.21. The normalized spacial score (nSPS) is 40.1. The van der Waals surface area contributed by atoms with Crippen molar-refractivity contribution in [2.45, 2.75) is 44.2 Å². The molecule has 2 nitrogen and oxygen atoms in total. The van der Waals surface area contributed by atoms with Crippen LogP contribution in [0.4, 0.5) is 0 Å². The van der Waals surface area contributed by atoms with Crippen molar-refractivity contribution in [3.63, 3.8) is 0 Å². The second-order valence-electron chi connectivity index (χ2n) is 3.91. The Morgan fingerprint density at radius 2 is 1.82 bits per heavy atom. The summed E-state index contributed by atoms with van der Waals surface area (Å²) in [5, 5.41) is 0. The van der Waals surface area contributed by atoms with Gasteiger partial charge in [0, 0.05) is 12.1 Å². The van der Waals surface area contributed by atoms with E-state index in [9.17, 15) is 0 Å². The molecule has 0 aromatic rings. The van der Waals surface area contributed by atoms with Crippen LogP contribution in [0.1, 0.15) is 32.1 Å². The van der Waals surface area contributed by atoms with Crippen LogP contribution in [0.2, 0.25) is 0 Å². The average molecular weight is 154 g/mol. The van der Waals surface area contributed by atoms with Gasteiger partial charge < -0.3 is 5.73 Å². The number of hydrogen-bond donors (Lipinski definition) is 1. The lowest BCUT2D eigenvalue weighted by Gasteiger charge is -2.25. The van der Waals surface area contributed by atoms with E-state index in [1.54, 1.807) is 0 Å². The summed E-state index contributed by atoms with van der Waals surface area (Å²) in [4.78, 5) is 2.59. The summed E-state index contributed by atoms with van der Waals surface area (Å²) in [5.41, 5.74) is 6.08. The fourth-order valence-electron chi connectivity index (χ4n) is 2.50. The van der Waals surface area contributed by atoms with E-state index in [1.165, 1.54) is 45.2 Å². The van der Waals surface area contributed by atoms with E-state index >= 15 is 0 Å². The zero-order valence-corrected chi connectivity index (χ0v) is 7.13. The summed E-state index contributed by atoms with van der Waals surface area (Å²) in [6.07, 6.45) is 6.68. The van der Waals surface area contributed by atoms with Gasteiger partial charge in [0.25, 0.3) is 0 Å². The molecule has 0 radical (unpaired) electrons. The lowest BCUT2D eigenvalue weighted by Crippen LogP contribution is -2.42. The van der Waals surface area contributed by atoms with Gasteiger partial charge in [-0.05, 0) is 38.8 Å². The Morgan fingerprint density at radius 3 is 2.73 bits per heavy atom.